The molecule has 24 heavy (non-hydrogen) atoms. The van der Waals surface area contributed by atoms with Crippen molar-refractivity contribution < 1.29 is 19.4 Å². The number of methoxy groups -OCH3 is 1. The minimum Gasteiger partial charge on any atom is -0.508 e. The van der Waals surface area contributed by atoms with Crippen LogP contribution in [-0.4, -0.2) is 45.8 Å². The highest BCUT2D eigenvalue weighted by Gasteiger charge is 2.19. The van der Waals surface area contributed by atoms with Crippen molar-refractivity contribution in [1.29, 1.82) is 0 Å². The number of carbonyl (C=O) groups excluding carboxylic acids is 2. The van der Waals surface area contributed by atoms with E-state index in [1.807, 2.05) is 20.9 Å². The summed E-state index contributed by atoms with van der Waals surface area (Å²) in [6.07, 6.45) is 0. The number of aromatic hydroxyl groups is 1. The van der Waals surface area contributed by atoms with E-state index in [1.165, 1.54) is 30.2 Å². The summed E-state index contributed by atoms with van der Waals surface area (Å²) in [5, 5.41) is 14.1. The zero-order valence-corrected chi connectivity index (χ0v) is 14.5. The molecular formula is C17H21N3O4. The fourth-order valence-electron chi connectivity index (χ4n) is 2.55. The second-order valence-electron chi connectivity index (χ2n) is 5.69. The van der Waals surface area contributed by atoms with Gasteiger partial charge in [-0.05, 0) is 32.0 Å². The standard InChI is InChI=1S/C17H21N3O4/c1-10-15(11(2)20(4)18-10)9-19(3)16(22)12-6-13(17(23)24-5)8-14(21)7-12/h6-8,21H,9H2,1-5H3. The van der Waals surface area contributed by atoms with Crippen LogP contribution in [-0.2, 0) is 18.3 Å². The third-order valence-electron chi connectivity index (χ3n) is 3.99. The highest BCUT2D eigenvalue weighted by molar-refractivity contribution is 5.98. The molecule has 0 bridgehead atoms. The predicted molar refractivity (Wildman–Crippen MR) is 87.9 cm³/mol. The van der Waals surface area contributed by atoms with Crippen LogP contribution in [0, 0.1) is 13.8 Å². The van der Waals surface area contributed by atoms with Gasteiger partial charge < -0.3 is 14.7 Å². The lowest BCUT2D eigenvalue weighted by Crippen LogP contribution is -2.27. The van der Waals surface area contributed by atoms with Crippen molar-refractivity contribution in [2.45, 2.75) is 20.4 Å². The zero-order chi connectivity index (χ0) is 18.0. The average molecular weight is 331 g/mol. The fourth-order valence-corrected chi connectivity index (χ4v) is 2.55. The van der Waals surface area contributed by atoms with Crippen molar-refractivity contribution in [2.75, 3.05) is 14.2 Å². The van der Waals surface area contributed by atoms with Gasteiger partial charge in [0.05, 0.1) is 18.4 Å². The first-order valence-electron chi connectivity index (χ1n) is 7.41. The van der Waals surface area contributed by atoms with Gasteiger partial charge in [-0.25, -0.2) is 4.79 Å². The van der Waals surface area contributed by atoms with Crippen LogP contribution in [0.25, 0.3) is 0 Å². The summed E-state index contributed by atoms with van der Waals surface area (Å²) in [7, 11) is 4.76. The van der Waals surface area contributed by atoms with Crippen LogP contribution in [0.4, 0.5) is 0 Å². The summed E-state index contributed by atoms with van der Waals surface area (Å²) < 4.78 is 6.40. The molecule has 0 aliphatic rings. The Hall–Kier alpha value is -2.83. The van der Waals surface area contributed by atoms with Crippen molar-refractivity contribution in [3.63, 3.8) is 0 Å². The molecular weight excluding hydrogens is 310 g/mol. The molecule has 1 aromatic heterocycles. The molecule has 0 aliphatic carbocycles. The van der Waals surface area contributed by atoms with E-state index in [0.717, 1.165) is 17.0 Å². The number of phenols is 1. The lowest BCUT2D eigenvalue weighted by molar-refractivity contribution is 0.0600. The molecule has 2 aromatic rings. The van der Waals surface area contributed by atoms with E-state index in [4.69, 9.17) is 0 Å². The van der Waals surface area contributed by atoms with E-state index >= 15 is 0 Å². The van der Waals surface area contributed by atoms with Gasteiger partial charge in [-0.3, -0.25) is 9.48 Å². The first-order valence-corrected chi connectivity index (χ1v) is 7.41. The van der Waals surface area contributed by atoms with Gasteiger partial charge in [0.15, 0.2) is 0 Å². The number of hydrogen-bond donors (Lipinski definition) is 1. The maximum absolute atomic E-state index is 12.6. The first kappa shape index (κ1) is 17.5. The lowest BCUT2D eigenvalue weighted by atomic mass is 10.1. The summed E-state index contributed by atoms with van der Waals surface area (Å²) in [6.45, 7) is 4.22. The van der Waals surface area contributed by atoms with E-state index in [2.05, 4.69) is 9.84 Å². The Morgan fingerprint density at radius 2 is 1.88 bits per heavy atom. The lowest BCUT2D eigenvalue weighted by Gasteiger charge is -2.18. The second-order valence-corrected chi connectivity index (χ2v) is 5.69. The molecule has 1 heterocycles. The zero-order valence-electron chi connectivity index (χ0n) is 14.5. The highest BCUT2D eigenvalue weighted by Crippen LogP contribution is 2.20. The molecule has 0 atom stereocenters. The largest absolute Gasteiger partial charge is 0.508 e. The molecule has 0 saturated heterocycles. The smallest absolute Gasteiger partial charge is 0.338 e. The number of ether oxygens (including phenoxy) is 1. The van der Waals surface area contributed by atoms with Crippen molar-refractivity contribution in [3.05, 3.63) is 46.3 Å². The maximum atomic E-state index is 12.6. The minimum atomic E-state index is -0.610. The first-order chi connectivity index (χ1) is 11.2. The Morgan fingerprint density at radius 3 is 2.42 bits per heavy atom. The molecule has 0 saturated carbocycles. The number of carbonyl (C=O) groups is 2. The van der Waals surface area contributed by atoms with Crippen LogP contribution in [0.3, 0.4) is 0 Å². The Balaban J connectivity index is 2.28. The van der Waals surface area contributed by atoms with Crippen molar-refractivity contribution in [2.24, 2.45) is 7.05 Å². The van der Waals surface area contributed by atoms with E-state index in [-0.39, 0.29) is 22.8 Å². The van der Waals surface area contributed by atoms with Gasteiger partial charge in [0.1, 0.15) is 5.75 Å². The molecule has 0 aliphatic heterocycles. The topological polar surface area (TPSA) is 84.7 Å². The number of benzene rings is 1. The van der Waals surface area contributed by atoms with Crippen LogP contribution in [0.1, 0.15) is 37.7 Å². The van der Waals surface area contributed by atoms with Crippen LogP contribution in [0.15, 0.2) is 18.2 Å². The molecule has 1 aromatic carbocycles. The van der Waals surface area contributed by atoms with Crippen LogP contribution >= 0.6 is 0 Å². The fraction of sp³-hybridized carbons (Fsp3) is 0.353. The molecule has 7 heteroatoms. The number of aryl methyl sites for hydroxylation is 2. The Kier molecular flexibility index (Phi) is 4.92. The number of esters is 1. The van der Waals surface area contributed by atoms with E-state index < -0.39 is 5.97 Å². The maximum Gasteiger partial charge on any atom is 0.338 e. The third-order valence-corrected chi connectivity index (χ3v) is 3.99. The van der Waals surface area contributed by atoms with Crippen LogP contribution in [0.5, 0.6) is 5.75 Å². The van der Waals surface area contributed by atoms with Crippen LogP contribution in [0.2, 0.25) is 0 Å². The van der Waals surface area contributed by atoms with Crippen LogP contribution < -0.4 is 0 Å². The molecule has 7 nitrogen and oxygen atoms in total. The van der Waals surface area contributed by atoms with Crippen molar-refractivity contribution in [3.8, 4) is 5.75 Å². The summed E-state index contributed by atoms with van der Waals surface area (Å²) in [5.41, 5.74) is 3.17. The van der Waals surface area contributed by atoms with E-state index in [0.29, 0.717) is 6.54 Å². The van der Waals surface area contributed by atoms with Gasteiger partial charge in [-0.2, -0.15) is 5.10 Å². The van der Waals surface area contributed by atoms with Gasteiger partial charge >= 0.3 is 5.97 Å². The minimum absolute atomic E-state index is 0.128. The van der Waals surface area contributed by atoms with Gasteiger partial charge in [-0.15, -0.1) is 0 Å². The SMILES string of the molecule is COC(=O)c1cc(O)cc(C(=O)N(C)Cc2c(C)nn(C)c2C)c1. The summed E-state index contributed by atoms with van der Waals surface area (Å²) in [4.78, 5) is 25.8. The number of phenolic OH excluding ortho intramolecular Hbond substituents is 1. The number of hydrogen-bond acceptors (Lipinski definition) is 5. The molecule has 1 amide bonds. The average Bonchev–Trinajstić information content (AvgIpc) is 2.78. The Morgan fingerprint density at radius 1 is 1.25 bits per heavy atom. The molecule has 128 valence electrons. The van der Waals surface area contributed by atoms with Gasteiger partial charge in [0, 0.05) is 37.5 Å². The number of aromatic nitrogens is 2. The van der Waals surface area contributed by atoms with E-state index in [1.54, 1.807) is 11.7 Å². The predicted octanol–water partition coefficient (Wildman–Crippen LogP) is 1.80. The van der Waals surface area contributed by atoms with Gasteiger partial charge in [0.2, 0.25) is 0 Å². The summed E-state index contributed by atoms with van der Waals surface area (Å²) in [5.74, 6) is -1.08. The monoisotopic (exact) mass is 331 g/mol. The van der Waals surface area contributed by atoms with E-state index in [9.17, 15) is 14.7 Å². The summed E-state index contributed by atoms with van der Waals surface area (Å²) >= 11 is 0. The molecule has 0 fully saturated rings. The Bertz CT molecular complexity index is 795. The molecule has 2 rings (SSSR count). The number of rotatable bonds is 4. The molecule has 0 radical (unpaired) electrons. The number of amides is 1. The normalized spacial score (nSPS) is 10.5. The Labute approximate surface area is 140 Å². The van der Waals surface area contributed by atoms with Crippen molar-refractivity contribution in [1.82, 2.24) is 14.7 Å². The quantitative estimate of drug-likeness (QED) is 0.864. The van der Waals surface area contributed by atoms with Crippen molar-refractivity contribution >= 4 is 11.9 Å². The second kappa shape index (κ2) is 6.74. The molecule has 1 N–H and O–H groups in total. The molecule has 0 unspecified atom stereocenters. The third kappa shape index (κ3) is 3.40. The van der Waals surface area contributed by atoms with Gasteiger partial charge in [0.25, 0.3) is 5.91 Å². The van der Waals surface area contributed by atoms with Gasteiger partial charge in [-0.1, -0.05) is 0 Å². The highest BCUT2D eigenvalue weighted by atomic mass is 16.5. The molecule has 0 spiro atoms. The summed E-state index contributed by atoms with van der Waals surface area (Å²) in [6, 6.07) is 4.00. The number of nitrogens with zero attached hydrogens (tertiary/aromatic N) is 3.